The minimum absolute atomic E-state index is 0.490. The second-order valence-corrected chi connectivity index (χ2v) is 8.51. The van der Waals surface area contributed by atoms with Gasteiger partial charge in [-0.25, -0.2) is 0 Å². The molecule has 0 aliphatic carbocycles. The van der Waals surface area contributed by atoms with Crippen molar-refractivity contribution in [1.82, 2.24) is 15.5 Å². The van der Waals surface area contributed by atoms with E-state index < -0.39 is 0 Å². The van der Waals surface area contributed by atoms with Crippen molar-refractivity contribution < 1.29 is 4.74 Å². The van der Waals surface area contributed by atoms with E-state index in [9.17, 15) is 0 Å². The van der Waals surface area contributed by atoms with Crippen LogP contribution in [-0.4, -0.2) is 70.4 Å². The first kappa shape index (κ1) is 21.9. The van der Waals surface area contributed by atoms with Crippen molar-refractivity contribution in [3.05, 3.63) is 29.8 Å². The van der Waals surface area contributed by atoms with Crippen LogP contribution in [0.5, 0.6) is 0 Å². The molecule has 0 bridgehead atoms. The van der Waals surface area contributed by atoms with Crippen LogP contribution >= 0.6 is 0 Å². The van der Waals surface area contributed by atoms with E-state index in [0.29, 0.717) is 6.04 Å². The van der Waals surface area contributed by atoms with E-state index in [0.717, 1.165) is 57.5 Å². The predicted octanol–water partition coefficient (Wildman–Crippen LogP) is 2.70. The van der Waals surface area contributed by atoms with Crippen LogP contribution in [0.15, 0.2) is 29.3 Å². The highest BCUT2D eigenvalue weighted by atomic mass is 16.5. The second-order valence-electron chi connectivity index (χ2n) is 8.51. The fourth-order valence-corrected chi connectivity index (χ4v) is 4.19. The number of guanidine groups is 1. The SMILES string of the molecule is CN=C(NCc1ccc(N2CCC(C)CC2)cc1)NC1CCN(CCOC)CC1. The van der Waals surface area contributed by atoms with E-state index >= 15 is 0 Å². The van der Waals surface area contributed by atoms with Crippen LogP contribution in [0.4, 0.5) is 5.69 Å². The number of ether oxygens (including phenoxy) is 1. The molecule has 0 atom stereocenters. The Morgan fingerprint density at radius 1 is 1.07 bits per heavy atom. The van der Waals surface area contributed by atoms with Crippen molar-refractivity contribution in [3.8, 4) is 0 Å². The molecule has 0 radical (unpaired) electrons. The van der Waals surface area contributed by atoms with Crippen LogP contribution in [-0.2, 0) is 11.3 Å². The topological polar surface area (TPSA) is 52.1 Å². The van der Waals surface area contributed by atoms with Crippen LogP contribution < -0.4 is 15.5 Å². The van der Waals surface area contributed by atoms with Crippen molar-refractivity contribution in [1.29, 1.82) is 0 Å². The fourth-order valence-electron chi connectivity index (χ4n) is 4.19. The van der Waals surface area contributed by atoms with Crippen molar-refractivity contribution in [3.63, 3.8) is 0 Å². The maximum absolute atomic E-state index is 5.18. The van der Waals surface area contributed by atoms with E-state index in [2.05, 4.69) is 56.6 Å². The summed E-state index contributed by atoms with van der Waals surface area (Å²) >= 11 is 0. The van der Waals surface area contributed by atoms with Gasteiger partial charge in [-0.05, 0) is 49.3 Å². The second kappa shape index (κ2) is 11.4. The molecule has 1 aromatic carbocycles. The number of anilines is 1. The summed E-state index contributed by atoms with van der Waals surface area (Å²) in [5, 5.41) is 7.07. The van der Waals surface area contributed by atoms with Gasteiger partial charge >= 0.3 is 0 Å². The molecular formula is C23H39N5O. The standard InChI is InChI=1S/C23H39N5O/c1-19-8-14-28(15-9-19)22-6-4-20(5-7-22)18-25-23(24-2)26-21-10-12-27(13-11-21)16-17-29-3/h4-7,19,21H,8-18H2,1-3H3,(H2,24,25,26). The maximum atomic E-state index is 5.18. The third-order valence-electron chi connectivity index (χ3n) is 6.31. The molecule has 2 fully saturated rings. The first-order chi connectivity index (χ1) is 14.2. The zero-order chi connectivity index (χ0) is 20.5. The highest BCUT2D eigenvalue weighted by Crippen LogP contribution is 2.23. The summed E-state index contributed by atoms with van der Waals surface area (Å²) in [5.41, 5.74) is 2.64. The average Bonchev–Trinajstić information content (AvgIpc) is 2.77. The molecule has 0 aromatic heterocycles. The number of nitrogens with one attached hydrogen (secondary N) is 2. The first-order valence-electron chi connectivity index (χ1n) is 11.2. The molecule has 2 N–H and O–H groups in total. The lowest BCUT2D eigenvalue weighted by atomic mass is 9.99. The fraction of sp³-hybridized carbons (Fsp3) is 0.696. The Balaban J connectivity index is 1.40. The molecule has 2 aliphatic heterocycles. The number of aliphatic imine (C=N–C) groups is 1. The van der Waals surface area contributed by atoms with Gasteiger partial charge in [-0.1, -0.05) is 19.1 Å². The third kappa shape index (κ3) is 6.89. The minimum atomic E-state index is 0.490. The van der Waals surface area contributed by atoms with Gasteiger partial charge in [0.25, 0.3) is 0 Å². The van der Waals surface area contributed by atoms with Crippen molar-refractivity contribution >= 4 is 11.6 Å². The van der Waals surface area contributed by atoms with Crippen molar-refractivity contribution in [2.75, 3.05) is 58.4 Å². The highest BCUT2D eigenvalue weighted by molar-refractivity contribution is 5.80. The first-order valence-corrected chi connectivity index (χ1v) is 11.2. The number of nitrogens with zero attached hydrogens (tertiary/aromatic N) is 3. The quantitative estimate of drug-likeness (QED) is 0.543. The molecule has 2 aliphatic rings. The van der Waals surface area contributed by atoms with Crippen molar-refractivity contribution in [2.45, 2.75) is 45.2 Å². The molecule has 6 heteroatoms. The normalized spacial score (nSPS) is 20.1. The van der Waals surface area contributed by atoms with Crippen LogP contribution in [0.3, 0.4) is 0 Å². The summed E-state index contributed by atoms with van der Waals surface area (Å²) in [7, 11) is 3.62. The van der Waals surface area contributed by atoms with Gasteiger partial charge in [-0.2, -0.15) is 0 Å². The van der Waals surface area contributed by atoms with Gasteiger partial charge in [0.15, 0.2) is 5.96 Å². The smallest absolute Gasteiger partial charge is 0.191 e. The van der Waals surface area contributed by atoms with Crippen LogP contribution in [0.2, 0.25) is 0 Å². The van der Waals surface area contributed by atoms with Crippen LogP contribution in [0.1, 0.15) is 38.2 Å². The van der Waals surface area contributed by atoms with Gasteiger partial charge in [0, 0.05) is 65.2 Å². The molecular weight excluding hydrogens is 362 g/mol. The third-order valence-corrected chi connectivity index (χ3v) is 6.31. The Bertz CT molecular complexity index is 617. The van der Waals surface area contributed by atoms with Gasteiger partial charge in [0.1, 0.15) is 0 Å². The molecule has 162 valence electrons. The number of hydrogen-bond donors (Lipinski definition) is 2. The lowest BCUT2D eigenvalue weighted by Gasteiger charge is -2.33. The Morgan fingerprint density at radius 2 is 1.76 bits per heavy atom. The lowest BCUT2D eigenvalue weighted by molar-refractivity contribution is 0.128. The maximum Gasteiger partial charge on any atom is 0.191 e. The summed E-state index contributed by atoms with van der Waals surface area (Å²) in [6.45, 7) is 9.60. The molecule has 0 saturated carbocycles. The zero-order valence-electron chi connectivity index (χ0n) is 18.5. The summed E-state index contributed by atoms with van der Waals surface area (Å²) in [6, 6.07) is 9.49. The zero-order valence-corrected chi connectivity index (χ0v) is 18.5. The molecule has 0 amide bonds. The number of piperidine rings is 2. The molecule has 0 unspecified atom stereocenters. The molecule has 1 aromatic rings. The van der Waals surface area contributed by atoms with Crippen molar-refractivity contribution in [2.24, 2.45) is 10.9 Å². The number of rotatable bonds is 7. The van der Waals surface area contributed by atoms with E-state index in [4.69, 9.17) is 4.74 Å². The molecule has 29 heavy (non-hydrogen) atoms. The molecule has 0 spiro atoms. The number of hydrogen-bond acceptors (Lipinski definition) is 4. The largest absolute Gasteiger partial charge is 0.383 e. The summed E-state index contributed by atoms with van der Waals surface area (Å²) in [5.74, 6) is 1.76. The number of likely N-dealkylation sites (tertiary alicyclic amines) is 1. The van der Waals surface area contributed by atoms with Gasteiger partial charge < -0.3 is 25.2 Å². The molecule has 6 nitrogen and oxygen atoms in total. The molecule has 3 rings (SSSR count). The van der Waals surface area contributed by atoms with E-state index in [1.54, 1.807) is 7.11 Å². The predicted molar refractivity (Wildman–Crippen MR) is 122 cm³/mol. The van der Waals surface area contributed by atoms with Gasteiger partial charge in [-0.15, -0.1) is 0 Å². The molecule has 2 heterocycles. The van der Waals surface area contributed by atoms with E-state index in [1.165, 1.54) is 37.2 Å². The Labute approximate surface area is 176 Å². The van der Waals surface area contributed by atoms with Gasteiger partial charge in [-0.3, -0.25) is 4.99 Å². The van der Waals surface area contributed by atoms with E-state index in [-0.39, 0.29) is 0 Å². The minimum Gasteiger partial charge on any atom is -0.383 e. The van der Waals surface area contributed by atoms with Crippen LogP contribution in [0.25, 0.3) is 0 Å². The monoisotopic (exact) mass is 401 g/mol. The van der Waals surface area contributed by atoms with E-state index in [1.807, 2.05) is 7.05 Å². The lowest BCUT2D eigenvalue weighted by Crippen LogP contribution is -2.48. The Hall–Kier alpha value is -1.79. The summed E-state index contributed by atoms with van der Waals surface area (Å²) in [4.78, 5) is 9.40. The Kier molecular flexibility index (Phi) is 8.62. The number of methoxy groups -OCH3 is 1. The van der Waals surface area contributed by atoms with Gasteiger partial charge in [0.2, 0.25) is 0 Å². The average molecular weight is 402 g/mol. The summed E-state index contributed by atoms with van der Waals surface area (Å²) in [6.07, 6.45) is 4.90. The number of benzene rings is 1. The highest BCUT2D eigenvalue weighted by Gasteiger charge is 2.19. The van der Waals surface area contributed by atoms with Crippen LogP contribution in [0, 0.1) is 5.92 Å². The van der Waals surface area contributed by atoms with Gasteiger partial charge in [0.05, 0.1) is 6.61 Å². The molecule has 2 saturated heterocycles. The summed E-state index contributed by atoms with van der Waals surface area (Å²) < 4.78 is 5.18. The Morgan fingerprint density at radius 3 is 2.38 bits per heavy atom.